The first-order chi connectivity index (χ1) is 14.6. The number of methoxy groups -OCH3 is 1. The van der Waals surface area contributed by atoms with Crippen molar-refractivity contribution >= 4 is 11.6 Å². The van der Waals surface area contributed by atoms with E-state index >= 15 is 0 Å². The molecule has 1 N–H and O–H groups in total. The minimum atomic E-state index is -0.592. The number of carbonyl (C=O) groups excluding carboxylic acids is 1. The average Bonchev–Trinajstić information content (AvgIpc) is 3.28. The van der Waals surface area contributed by atoms with Crippen LogP contribution in [0.3, 0.4) is 0 Å². The van der Waals surface area contributed by atoms with Crippen molar-refractivity contribution in [3.63, 3.8) is 0 Å². The summed E-state index contributed by atoms with van der Waals surface area (Å²) in [4.78, 5) is 24.4. The van der Waals surface area contributed by atoms with Gasteiger partial charge in [-0.05, 0) is 48.6 Å². The summed E-state index contributed by atoms with van der Waals surface area (Å²) in [7, 11) is 1.64. The van der Waals surface area contributed by atoms with Gasteiger partial charge in [0.1, 0.15) is 5.75 Å². The molecule has 1 saturated heterocycles. The van der Waals surface area contributed by atoms with E-state index in [-0.39, 0.29) is 11.8 Å². The van der Waals surface area contributed by atoms with Gasteiger partial charge in [0.25, 0.3) is 5.91 Å². The number of nitrogens with zero attached hydrogens (tertiary/aromatic N) is 3. The molecule has 7 heteroatoms. The number of aliphatic hydroxyl groups excluding tert-OH is 1. The van der Waals surface area contributed by atoms with Crippen LogP contribution in [0, 0.1) is 5.92 Å². The molecule has 4 rings (SSSR count). The molecule has 1 amide bonds. The van der Waals surface area contributed by atoms with Gasteiger partial charge in [-0.15, -0.1) is 0 Å². The normalized spacial score (nSPS) is 20.4. The van der Waals surface area contributed by atoms with E-state index < -0.39 is 12.2 Å². The maximum absolute atomic E-state index is 12.9. The Balaban J connectivity index is 1.26. The highest BCUT2D eigenvalue weighted by atomic mass is 16.6. The van der Waals surface area contributed by atoms with Crippen LogP contribution in [-0.4, -0.2) is 52.9 Å². The van der Waals surface area contributed by atoms with E-state index in [2.05, 4.69) is 10.1 Å². The number of rotatable bonds is 6. The predicted molar refractivity (Wildman–Crippen MR) is 112 cm³/mol. The third-order valence-electron chi connectivity index (χ3n) is 5.86. The topological polar surface area (TPSA) is 84.2 Å². The largest absolute Gasteiger partial charge is 0.497 e. The van der Waals surface area contributed by atoms with Crippen molar-refractivity contribution in [3.05, 3.63) is 59.9 Å². The van der Waals surface area contributed by atoms with Crippen molar-refractivity contribution in [3.8, 4) is 5.75 Å². The molecule has 1 aromatic heterocycles. The fourth-order valence-electron chi connectivity index (χ4n) is 4.07. The van der Waals surface area contributed by atoms with Crippen LogP contribution < -0.4 is 4.74 Å². The standard InChI is InChI=1S/C23H27N3O4/c1-29-19-7-5-16(6-8-19)14-18-15-21(30-25-18)23(28)26-12-9-17(10-13-26)22(27)20-4-2-3-11-24-20/h2-8,11,17,21-22,27H,9-10,12-15H2,1H3/t21-,22+/m1/s1. The number of likely N-dealkylation sites (tertiary alicyclic amines) is 1. The van der Waals surface area contributed by atoms with Gasteiger partial charge in [-0.25, -0.2) is 0 Å². The van der Waals surface area contributed by atoms with E-state index in [4.69, 9.17) is 9.57 Å². The van der Waals surface area contributed by atoms with Gasteiger partial charge in [0.2, 0.25) is 6.10 Å². The Morgan fingerprint density at radius 1 is 1.23 bits per heavy atom. The molecule has 30 heavy (non-hydrogen) atoms. The molecular formula is C23H27N3O4. The molecule has 1 aromatic carbocycles. The van der Waals surface area contributed by atoms with E-state index in [1.54, 1.807) is 13.3 Å². The van der Waals surface area contributed by atoms with Gasteiger partial charge in [-0.3, -0.25) is 9.78 Å². The fourth-order valence-corrected chi connectivity index (χ4v) is 4.07. The van der Waals surface area contributed by atoms with Crippen LogP contribution in [0.2, 0.25) is 0 Å². The molecule has 0 radical (unpaired) electrons. The molecule has 0 aliphatic carbocycles. The molecule has 2 atom stereocenters. The van der Waals surface area contributed by atoms with Gasteiger partial charge in [-0.1, -0.05) is 23.4 Å². The lowest BCUT2D eigenvalue weighted by Gasteiger charge is -2.34. The monoisotopic (exact) mass is 409 g/mol. The van der Waals surface area contributed by atoms with Gasteiger partial charge in [0.05, 0.1) is 24.6 Å². The van der Waals surface area contributed by atoms with Gasteiger partial charge >= 0.3 is 0 Å². The molecule has 3 heterocycles. The van der Waals surface area contributed by atoms with E-state index in [0.717, 1.165) is 29.9 Å². The first-order valence-electron chi connectivity index (χ1n) is 10.4. The molecular weight excluding hydrogens is 382 g/mol. The molecule has 2 aliphatic heterocycles. The molecule has 0 spiro atoms. The zero-order valence-electron chi connectivity index (χ0n) is 17.1. The number of piperidine rings is 1. The number of oxime groups is 1. The van der Waals surface area contributed by atoms with Gasteiger partial charge < -0.3 is 19.6 Å². The zero-order valence-corrected chi connectivity index (χ0v) is 17.1. The average molecular weight is 409 g/mol. The third kappa shape index (κ3) is 4.62. The smallest absolute Gasteiger partial charge is 0.266 e. The maximum Gasteiger partial charge on any atom is 0.266 e. The summed E-state index contributed by atoms with van der Waals surface area (Å²) in [6, 6.07) is 13.4. The number of aromatic nitrogens is 1. The second-order valence-corrected chi connectivity index (χ2v) is 7.84. The molecule has 0 unspecified atom stereocenters. The first-order valence-corrected chi connectivity index (χ1v) is 10.4. The molecule has 1 fully saturated rings. The predicted octanol–water partition coefficient (Wildman–Crippen LogP) is 2.75. The Kier molecular flexibility index (Phi) is 6.28. The highest BCUT2D eigenvalue weighted by Gasteiger charge is 2.35. The number of benzene rings is 1. The number of pyridine rings is 1. The Hall–Kier alpha value is -2.93. The van der Waals surface area contributed by atoms with Crippen molar-refractivity contribution in [2.45, 2.75) is 37.9 Å². The zero-order chi connectivity index (χ0) is 20.9. The summed E-state index contributed by atoms with van der Waals surface area (Å²) in [5.41, 5.74) is 2.67. The molecule has 7 nitrogen and oxygen atoms in total. The van der Waals surface area contributed by atoms with Crippen LogP contribution in [0.15, 0.2) is 53.8 Å². The highest BCUT2D eigenvalue weighted by molar-refractivity contribution is 5.94. The van der Waals surface area contributed by atoms with E-state index in [9.17, 15) is 9.90 Å². The lowest BCUT2D eigenvalue weighted by atomic mass is 9.89. The van der Waals surface area contributed by atoms with Crippen molar-refractivity contribution in [2.75, 3.05) is 20.2 Å². The SMILES string of the molecule is COc1ccc(CC2=NO[C@@H](C(=O)N3CCC([C@H](O)c4ccccn4)CC3)C2)cc1. The summed E-state index contributed by atoms with van der Waals surface area (Å²) < 4.78 is 5.18. The number of hydrogen-bond donors (Lipinski definition) is 1. The molecule has 2 aromatic rings. The molecule has 0 bridgehead atoms. The van der Waals surface area contributed by atoms with Crippen LogP contribution in [0.4, 0.5) is 0 Å². The van der Waals surface area contributed by atoms with Gasteiger partial charge in [-0.2, -0.15) is 0 Å². The van der Waals surface area contributed by atoms with Crippen molar-refractivity contribution in [2.24, 2.45) is 11.1 Å². The third-order valence-corrected chi connectivity index (χ3v) is 5.86. The minimum Gasteiger partial charge on any atom is -0.497 e. The van der Waals surface area contributed by atoms with Crippen LogP contribution in [0.25, 0.3) is 0 Å². The van der Waals surface area contributed by atoms with Crippen molar-refractivity contribution < 1.29 is 19.5 Å². The fraction of sp³-hybridized carbons (Fsp3) is 0.435. The van der Waals surface area contributed by atoms with Crippen LogP contribution >= 0.6 is 0 Å². The number of aliphatic hydroxyl groups is 1. The number of amides is 1. The highest BCUT2D eigenvalue weighted by Crippen LogP contribution is 2.30. The van der Waals surface area contributed by atoms with E-state index in [1.807, 2.05) is 47.4 Å². The molecule has 0 saturated carbocycles. The Morgan fingerprint density at radius 3 is 2.67 bits per heavy atom. The second-order valence-electron chi connectivity index (χ2n) is 7.84. The van der Waals surface area contributed by atoms with E-state index in [1.165, 1.54) is 0 Å². The summed E-state index contributed by atoms with van der Waals surface area (Å²) in [5, 5.41) is 14.7. The van der Waals surface area contributed by atoms with Gasteiger partial charge in [0.15, 0.2) is 0 Å². The van der Waals surface area contributed by atoms with Crippen molar-refractivity contribution in [1.82, 2.24) is 9.88 Å². The van der Waals surface area contributed by atoms with Crippen LogP contribution in [-0.2, 0) is 16.1 Å². The number of ether oxygens (including phenoxy) is 1. The minimum absolute atomic E-state index is 0.0192. The first kappa shape index (κ1) is 20.3. The van der Waals surface area contributed by atoms with Gasteiger partial charge in [0, 0.05) is 32.1 Å². The maximum atomic E-state index is 12.9. The lowest BCUT2D eigenvalue weighted by Crippen LogP contribution is -2.44. The summed E-state index contributed by atoms with van der Waals surface area (Å²) >= 11 is 0. The molecule has 158 valence electrons. The van der Waals surface area contributed by atoms with Crippen molar-refractivity contribution in [1.29, 1.82) is 0 Å². The Bertz CT molecular complexity index is 877. The summed E-state index contributed by atoms with van der Waals surface area (Å²) in [6.45, 7) is 1.22. The lowest BCUT2D eigenvalue weighted by molar-refractivity contribution is -0.144. The number of hydrogen-bond acceptors (Lipinski definition) is 6. The Morgan fingerprint density at radius 2 is 2.00 bits per heavy atom. The number of carbonyl (C=O) groups is 1. The second kappa shape index (κ2) is 9.26. The summed E-state index contributed by atoms with van der Waals surface area (Å²) in [6.07, 6.45) is 3.22. The summed E-state index contributed by atoms with van der Waals surface area (Å²) in [5.74, 6) is 0.901. The molecule has 2 aliphatic rings. The van der Waals surface area contributed by atoms with E-state index in [0.29, 0.717) is 31.6 Å². The quantitative estimate of drug-likeness (QED) is 0.793. The Labute approximate surface area is 176 Å². The van der Waals surface area contributed by atoms with Crippen LogP contribution in [0.1, 0.15) is 36.6 Å². The van der Waals surface area contributed by atoms with Crippen LogP contribution in [0.5, 0.6) is 5.75 Å².